The number of carbonyl (C=O) groups excluding carboxylic acids is 4. The lowest BCUT2D eigenvalue weighted by Crippen LogP contribution is -2.42. The number of imidazole rings is 1. The second-order valence-electron chi connectivity index (χ2n) is 17.7. The third-order valence-corrected chi connectivity index (χ3v) is 7.42. The largest absolute Gasteiger partial charge is 0.494 e. The van der Waals surface area contributed by atoms with Crippen LogP contribution in [0.1, 0.15) is 101 Å². The summed E-state index contributed by atoms with van der Waals surface area (Å²) in [5.41, 5.74) is 5.46. The van der Waals surface area contributed by atoms with Gasteiger partial charge in [-0.3, -0.25) is 0 Å². The van der Waals surface area contributed by atoms with E-state index in [9.17, 15) is 19.2 Å². The average molecular weight is 814 g/mol. The number of nitrogens with one attached hydrogen (secondary N) is 2. The van der Waals surface area contributed by atoms with Crippen molar-refractivity contribution in [1.82, 2.24) is 40.0 Å². The Morgan fingerprint density at radius 1 is 0.672 bits per heavy atom. The lowest BCUT2D eigenvalue weighted by molar-refractivity contribution is 0.0222. The van der Waals surface area contributed by atoms with Crippen molar-refractivity contribution < 1.29 is 42.9 Å². The summed E-state index contributed by atoms with van der Waals surface area (Å²) in [4.78, 5) is 67.4. The zero-order valence-corrected chi connectivity index (χ0v) is 36.2. The molecule has 0 spiro atoms. The molecule has 0 saturated carbocycles. The summed E-state index contributed by atoms with van der Waals surface area (Å²) in [6.45, 7) is 22.6. The van der Waals surface area contributed by atoms with Crippen molar-refractivity contribution in [3.63, 3.8) is 0 Å². The van der Waals surface area contributed by atoms with Crippen molar-refractivity contribution in [2.45, 2.75) is 132 Å². The molecule has 2 aromatic heterocycles. The zero-order valence-electron chi connectivity index (χ0n) is 36.2. The first-order chi connectivity index (χ1) is 26.8. The molecule has 322 valence electrons. The fourth-order valence-corrected chi connectivity index (χ4v) is 5.26. The smallest absolute Gasteiger partial charge is 0.410 e. The first-order valence-corrected chi connectivity index (χ1v) is 19.3. The lowest BCUT2D eigenvalue weighted by atomic mass is 10.1. The molecule has 0 aliphatic rings. The maximum atomic E-state index is 13.5. The summed E-state index contributed by atoms with van der Waals surface area (Å²) >= 11 is 0. The number of aromatic nitrogens is 4. The molecule has 0 bridgehead atoms. The van der Waals surface area contributed by atoms with Crippen LogP contribution in [0.15, 0.2) is 30.9 Å². The fourth-order valence-electron chi connectivity index (χ4n) is 5.26. The first-order valence-electron chi connectivity index (χ1n) is 19.3. The topological polar surface area (TPSA) is 215 Å². The number of nitrogen functional groups attached to an aromatic ring is 1. The molecule has 2 heterocycles. The van der Waals surface area contributed by atoms with Crippen LogP contribution < -0.4 is 21.1 Å². The Bertz CT molecular complexity index is 1770. The molecule has 18 nitrogen and oxygen atoms in total. The van der Waals surface area contributed by atoms with Crippen LogP contribution in [0.2, 0.25) is 0 Å². The Morgan fingerprint density at radius 2 is 1.14 bits per heavy atom. The van der Waals surface area contributed by atoms with E-state index in [1.807, 2.05) is 22.8 Å². The number of nitrogens with two attached hydrogens (primary N) is 1. The summed E-state index contributed by atoms with van der Waals surface area (Å²) in [6, 6.07) is 5.47. The van der Waals surface area contributed by atoms with Crippen molar-refractivity contribution in [3.8, 4) is 5.75 Å². The van der Waals surface area contributed by atoms with Crippen molar-refractivity contribution >= 4 is 41.4 Å². The third-order valence-electron chi connectivity index (χ3n) is 7.42. The summed E-state index contributed by atoms with van der Waals surface area (Å²) in [6.07, 6.45) is 1.21. The van der Waals surface area contributed by atoms with Gasteiger partial charge in [0, 0.05) is 45.8 Å². The molecule has 4 N–H and O–H groups in total. The van der Waals surface area contributed by atoms with Crippen LogP contribution in [0.3, 0.4) is 0 Å². The van der Waals surface area contributed by atoms with E-state index < -0.39 is 46.8 Å². The highest BCUT2D eigenvalue weighted by Crippen LogP contribution is 2.23. The van der Waals surface area contributed by atoms with E-state index in [0.717, 1.165) is 0 Å². The maximum absolute atomic E-state index is 13.5. The molecule has 0 saturated heterocycles. The number of nitrogens with zero attached hydrogens (tertiary/aromatic N) is 6. The molecule has 0 radical (unpaired) electrons. The highest BCUT2D eigenvalue weighted by Gasteiger charge is 2.26. The third kappa shape index (κ3) is 17.3. The van der Waals surface area contributed by atoms with Gasteiger partial charge < -0.3 is 54.4 Å². The standard InChI is InChI=1S/C40H63N9O9/c1-37(2,3)55-33(50)42-14-17-47(35(52)57-39(7,8)9)23-27-20-28(24-48(36(53)58-40(10,11)12)18-15-43-34(51)56-38(4,5)6)22-29(21-27)54-19-13-16-49-26-46-30-31(41)44-25-45-32(30)49/h20-22,25-26H,13-19,23-24H2,1-12H3,(H,42,50)(H,43,51)(H2,41,44,45). The molecule has 0 aliphatic carbocycles. The van der Waals surface area contributed by atoms with Gasteiger partial charge in [0.1, 0.15) is 40.0 Å². The van der Waals surface area contributed by atoms with E-state index in [4.69, 9.17) is 29.4 Å². The average Bonchev–Trinajstić information content (AvgIpc) is 3.46. The molecule has 0 aliphatic heterocycles. The molecule has 3 rings (SSSR count). The highest BCUT2D eigenvalue weighted by molar-refractivity contribution is 5.81. The van der Waals surface area contributed by atoms with E-state index in [1.165, 1.54) is 16.1 Å². The van der Waals surface area contributed by atoms with Crippen LogP contribution in [0, 0.1) is 0 Å². The molecule has 0 unspecified atom stereocenters. The number of hydrogen-bond donors (Lipinski definition) is 3. The van der Waals surface area contributed by atoms with Gasteiger partial charge in [-0.05, 0) is 113 Å². The quantitative estimate of drug-likeness (QED) is 0.112. The van der Waals surface area contributed by atoms with Gasteiger partial charge in [-0.1, -0.05) is 6.07 Å². The van der Waals surface area contributed by atoms with E-state index in [2.05, 4.69) is 25.6 Å². The second-order valence-corrected chi connectivity index (χ2v) is 17.7. The number of hydrogen-bond acceptors (Lipinski definition) is 13. The maximum Gasteiger partial charge on any atom is 0.410 e. The number of alkyl carbamates (subject to hydrolysis) is 2. The van der Waals surface area contributed by atoms with Gasteiger partial charge in [0.15, 0.2) is 11.5 Å². The van der Waals surface area contributed by atoms with Gasteiger partial charge in [0.25, 0.3) is 0 Å². The van der Waals surface area contributed by atoms with Crippen LogP contribution in [0.5, 0.6) is 5.75 Å². The highest BCUT2D eigenvalue weighted by atomic mass is 16.6. The number of aryl methyl sites for hydroxylation is 1. The molecule has 4 amide bonds. The number of anilines is 1. The van der Waals surface area contributed by atoms with Crippen molar-refractivity contribution in [2.75, 3.05) is 38.5 Å². The zero-order chi connectivity index (χ0) is 43.5. The predicted molar refractivity (Wildman–Crippen MR) is 218 cm³/mol. The minimum atomic E-state index is -0.788. The van der Waals surface area contributed by atoms with Gasteiger partial charge >= 0.3 is 24.4 Å². The molecule has 0 atom stereocenters. The molecule has 0 fully saturated rings. The fraction of sp³-hybridized carbons (Fsp3) is 0.625. The summed E-state index contributed by atoms with van der Waals surface area (Å²) in [5, 5.41) is 5.40. The van der Waals surface area contributed by atoms with E-state index in [-0.39, 0.29) is 39.3 Å². The lowest BCUT2D eigenvalue weighted by Gasteiger charge is -2.29. The normalized spacial score (nSPS) is 12.1. The van der Waals surface area contributed by atoms with E-state index in [1.54, 1.807) is 89.4 Å². The number of carbonyl (C=O) groups is 4. The van der Waals surface area contributed by atoms with Crippen molar-refractivity contribution in [1.29, 1.82) is 0 Å². The summed E-state index contributed by atoms with van der Waals surface area (Å²) < 4.78 is 30.3. The Morgan fingerprint density at radius 3 is 1.59 bits per heavy atom. The van der Waals surface area contributed by atoms with Gasteiger partial charge in [-0.25, -0.2) is 34.1 Å². The monoisotopic (exact) mass is 813 g/mol. The Labute approximate surface area is 341 Å². The van der Waals surface area contributed by atoms with Crippen LogP contribution >= 0.6 is 0 Å². The van der Waals surface area contributed by atoms with Gasteiger partial charge in [-0.15, -0.1) is 0 Å². The minimum absolute atomic E-state index is 0.0733. The SMILES string of the molecule is CC(C)(C)OC(=O)NCCN(Cc1cc(CN(CCNC(=O)OC(C)(C)C)C(=O)OC(C)(C)C)cc(OCCCn2cnc3c(N)ncnc32)c1)C(=O)OC(C)(C)C. The van der Waals surface area contributed by atoms with E-state index in [0.29, 0.717) is 53.4 Å². The number of fused-ring (bicyclic) bond motifs is 1. The number of amides is 4. The van der Waals surface area contributed by atoms with E-state index >= 15 is 0 Å². The molecular formula is C40H63N9O9. The molecule has 18 heteroatoms. The minimum Gasteiger partial charge on any atom is -0.494 e. The number of rotatable bonds is 15. The molecule has 1 aromatic carbocycles. The van der Waals surface area contributed by atoms with Crippen molar-refractivity contribution in [2.24, 2.45) is 0 Å². The van der Waals surface area contributed by atoms with Crippen LogP contribution in [0.25, 0.3) is 11.2 Å². The first kappa shape index (κ1) is 46.8. The van der Waals surface area contributed by atoms with Crippen LogP contribution in [-0.4, -0.2) is 109 Å². The Kier molecular flexibility index (Phi) is 15.9. The number of ether oxygens (including phenoxy) is 5. The summed E-state index contributed by atoms with van der Waals surface area (Å²) in [7, 11) is 0. The summed E-state index contributed by atoms with van der Waals surface area (Å²) in [5.74, 6) is 0.785. The van der Waals surface area contributed by atoms with Gasteiger partial charge in [-0.2, -0.15) is 0 Å². The predicted octanol–water partition coefficient (Wildman–Crippen LogP) is 6.40. The van der Waals surface area contributed by atoms with Crippen LogP contribution in [-0.2, 0) is 38.6 Å². The van der Waals surface area contributed by atoms with Crippen LogP contribution in [0.4, 0.5) is 25.0 Å². The van der Waals surface area contributed by atoms with Gasteiger partial charge in [0.05, 0.1) is 12.9 Å². The Balaban J connectivity index is 1.91. The molecular weight excluding hydrogens is 750 g/mol. The molecule has 58 heavy (non-hydrogen) atoms. The Hall–Kier alpha value is -5.55. The number of benzene rings is 1. The van der Waals surface area contributed by atoms with Gasteiger partial charge in [0.2, 0.25) is 0 Å². The second kappa shape index (κ2) is 19.7. The van der Waals surface area contributed by atoms with Crippen molar-refractivity contribution in [3.05, 3.63) is 42.0 Å². The molecule has 3 aromatic rings.